The predicted octanol–water partition coefficient (Wildman–Crippen LogP) is 5.96. The molecule has 0 aromatic heterocycles. The van der Waals surface area contributed by atoms with Crippen molar-refractivity contribution in [3.05, 3.63) is 62.6 Å². The van der Waals surface area contributed by atoms with Crippen molar-refractivity contribution in [2.24, 2.45) is 0 Å². The van der Waals surface area contributed by atoms with E-state index in [2.05, 4.69) is 21.2 Å². The molecule has 3 rings (SSSR count). The number of ether oxygens (including phenoxy) is 1. The van der Waals surface area contributed by atoms with Gasteiger partial charge < -0.3 is 15.0 Å². The summed E-state index contributed by atoms with van der Waals surface area (Å²) in [5.41, 5.74) is 2.98. The number of halogens is 2. The maximum atomic E-state index is 13.2. The van der Waals surface area contributed by atoms with Crippen molar-refractivity contribution < 1.29 is 14.3 Å². The zero-order chi connectivity index (χ0) is 24.0. The number of carbonyl (C=O) groups excluding carboxylic acids is 2. The Morgan fingerprint density at radius 2 is 1.73 bits per heavy atom. The van der Waals surface area contributed by atoms with Gasteiger partial charge >= 0.3 is 0 Å². The van der Waals surface area contributed by atoms with Gasteiger partial charge in [0.05, 0.1) is 0 Å². The Balaban J connectivity index is 1.72. The van der Waals surface area contributed by atoms with E-state index in [0.717, 1.165) is 46.8 Å². The SMILES string of the molecule is Cc1cc(OCC(=O)N(Cc2ccc(Cl)cc2)C(C)C(=O)NC2CCCCC2)cc(C)c1Br. The molecule has 1 saturated carbocycles. The van der Waals surface area contributed by atoms with E-state index < -0.39 is 6.04 Å². The fourth-order valence-corrected chi connectivity index (χ4v) is 4.51. The molecule has 0 bridgehead atoms. The number of rotatable bonds is 8. The van der Waals surface area contributed by atoms with Gasteiger partial charge in [0.25, 0.3) is 5.91 Å². The summed E-state index contributed by atoms with van der Waals surface area (Å²) in [7, 11) is 0. The first-order valence-corrected chi connectivity index (χ1v) is 12.7. The van der Waals surface area contributed by atoms with Crippen LogP contribution in [0.3, 0.4) is 0 Å². The van der Waals surface area contributed by atoms with Crippen LogP contribution < -0.4 is 10.1 Å². The van der Waals surface area contributed by atoms with E-state index in [0.29, 0.717) is 17.3 Å². The van der Waals surface area contributed by atoms with E-state index in [9.17, 15) is 9.59 Å². The van der Waals surface area contributed by atoms with Crippen LogP contribution in [-0.4, -0.2) is 35.4 Å². The molecule has 5 nitrogen and oxygen atoms in total. The Morgan fingerprint density at radius 1 is 1.12 bits per heavy atom. The molecular weight excluding hydrogens is 504 g/mol. The maximum Gasteiger partial charge on any atom is 0.261 e. The van der Waals surface area contributed by atoms with E-state index in [-0.39, 0.29) is 24.5 Å². The lowest BCUT2D eigenvalue weighted by Crippen LogP contribution is -2.51. The molecule has 0 spiro atoms. The summed E-state index contributed by atoms with van der Waals surface area (Å²) in [5.74, 6) is 0.265. The fraction of sp³-hybridized carbons (Fsp3) is 0.462. The summed E-state index contributed by atoms with van der Waals surface area (Å²) in [6.07, 6.45) is 5.47. The highest BCUT2D eigenvalue weighted by atomic mass is 79.9. The second-order valence-corrected chi connectivity index (χ2v) is 10.1. The van der Waals surface area contributed by atoms with E-state index in [1.54, 1.807) is 24.0 Å². The minimum Gasteiger partial charge on any atom is -0.484 e. The summed E-state index contributed by atoms with van der Waals surface area (Å²) >= 11 is 9.57. The zero-order valence-electron chi connectivity index (χ0n) is 19.5. The molecule has 1 atom stereocenters. The van der Waals surface area contributed by atoms with Crippen molar-refractivity contribution in [1.29, 1.82) is 0 Å². The summed E-state index contributed by atoms with van der Waals surface area (Å²) in [4.78, 5) is 27.9. The van der Waals surface area contributed by atoms with Crippen LogP contribution in [0.5, 0.6) is 5.75 Å². The molecule has 1 fully saturated rings. The lowest BCUT2D eigenvalue weighted by Gasteiger charge is -2.31. The van der Waals surface area contributed by atoms with Gasteiger partial charge in [0.1, 0.15) is 11.8 Å². The van der Waals surface area contributed by atoms with Crippen LogP contribution in [0.1, 0.15) is 55.7 Å². The average Bonchev–Trinajstić information content (AvgIpc) is 2.80. The van der Waals surface area contributed by atoms with Gasteiger partial charge in [-0.2, -0.15) is 0 Å². The van der Waals surface area contributed by atoms with Gasteiger partial charge in [0.15, 0.2) is 6.61 Å². The fourth-order valence-electron chi connectivity index (χ4n) is 4.16. The lowest BCUT2D eigenvalue weighted by molar-refractivity contribution is -0.142. The first kappa shape index (κ1) is 25.6. The standard InChI is InChI=1S/C26H32BrClN2O3/c1-17-13-23(14-18(2)25(17)27)33-16-24(31)30(15-20-9-11-21(28)12-10-20)19(3)26(32)29-22-7-5-4-6-8-22/h9-14,19,22H,4-8,15-16H2,1-3H3,(H,29,32). The first-order valence-electron chi connectivity index (χ1n) is 11.5. The average molecular weight is 536 g/mol. The van der Waals surface area contributed by atoms with Gasteiger partial charge in [-0.1, -0.05) is 58.9 Å². The van der Waals surface area contributed by atoms with E-state index in [4.69, 9.17) is 16.3 Å². The third kappa shape index (κ3) is 7.21. The quantitative estimate of drug-likeness (QED) is 0.453. The second-order valence-electron chi connectivity index (χ2n) is 8.83. The summed E-state index contributed by atoms with van der Waals surface area (Å²) in [6, 6.07) is 10.7. The molecule has 0 radical (unpaired) electrons. The van der Waals surface area contributed by atoms with Gasteiger partial charge in [-0.3, -0.25) is 9.59 Å². The molecule has 178 valence electrons. The molecule has 0 aliphatic heterocycles. The highest BCUT2D eigenvalue weighted by Gasteiger charge is 2.28. The van der Waals surface area contributed by atoms with E-state index in [1.807, 2.05) is 38.1 Å². The Labute approximate surface area is 210 Å². The van der Waals surface area contributed by atoms with Crippen LogP contribution in [0.15, 0.2) is 40.9 Å². The molecule has 1 aliphatic carbocycles. The van der Waals surface area contributed by atoms with Crippen LogP contribution in [-0.2, 0) is 16.1 Å². The van der Waals surface area contributed by atoms with Crippen LogP contribution in [0, 0.1) is 13.8 Å². The molecule has 33 heavy (non-hydrogen) atoms. The highest BCUT2D eigenvalue weighted by Crippen LogP contribution is 2.26. The van der Waals surface area contributed by atoms with Crippen LogP contribution >= 0.6 is 27.5 Å². The molecule has 2 aromatic rings. The van der Waals surface area contributed by atoms with Crippen LogP contribution in [0.25, 0.3) is 0 Å². The van der Waals surface area contributed by atoms with E-state index in [1.165, 1.54) is 6.42 Å². The smallest absolute Gasteiger partial charge is 0.261 e. The van der Waals surface area contributed by atoms with Crippen molar-refractivity contribution in [2.75, 3.05) is 6.61 Å². The van der Waals surface area contributed by atoms with Crippen molar-refractivity contribution in [3.8, 4) is 5.75 Å². The highest BCUT2D eigenvalue weighted by molar-refractivity contribution is 9.10. The Morgan fingerprint density at radius 3 is 2.33 bits per heavy atom. The van der Waals surface area contributed by atoms with Gasteiger partial charge in [-0.15, -0.1) is 0 Å². The molecule has 7 heteroatoms. The van der Waals surface area contributed by atoms with Gasteiger partial charge in [0, 0.05) is 22.1 Å². The minimum atomic E-state index is -0.618. The normalized spacial score (nSPS) is 15.1. The van der Waals surface area contributed by atoms with Crippen molar-refractivity contribution >= 4 is 39.3 Å². The third-order valence-corrected chi connectivity index (χ3v) is 7.66. The number of hydrogen-bond acceptors (Lipinski definition) is 3. The largest absolute Gasteiger partial charge is 0.484 e. The van der Waals surface area contributed by atoms with Crippen molar-refractivity contribution in [2.45, 2.75) is 71.5 Å². The second kappa shape index (κ2) is 11.9. The summed E-state index contributed by atoms with van der Waals surface area (Å²) in [5, 5.41) is 3.77. The minimum absolute atomic E-state index is 0.125. The number of carbonyl (C=O) groups is 2. The zero-order valence-corrected chi connectivity index (χ0v) is 21.8. The monoisotopic (exact) mass is 534 g/mol. The number of aryl methyl sites for hydroxylation is 2. The molecular formula is C26H32BrClN2O3. The third-order valence-electron chi connectivity index (χ3n) is 6.16. The van der Waals surface area contributed by atoms with Gasteiger partial charge in [-0.05, 0) is 74.6 Å². The Bertz CT molecular complexity index is 951. The predicted molar refractivity (Wildman–Crippen MR) is 136 cm³/mol. The lowest BCUT2D eigenvalue weighted by atomic mass is 9.95. The number of amides is 2. The molecule has 1 aliphatic rings. The first-order chi connectivity index (χ1) is 15.7. The Hall–Kier alpha value is -2.05. The maximum absolute atomic E-state index is 13.2. The topological polar surface area (TPSA) is 58.6 Å². The molecule has 1 N–H and O–H groups in total. The van der Waals surface area contributed by atoms with Gasteiger partial charge in [-0.25, -0.2) is 0 Å². The number of benzene rings is 2. The number of nitrogens with zero attached hydrogens (tertiary/aromatic N) is 1. The number of hydrogen-bond donors (Lipinski definition) is 1. The Kier molecular flexibility index (Phi) is 9.21. The molecule has 0 saturated heterocycles. The molecule has 2 amide bonds. The molecule has 0 heterocycles. The summed E-state index contributed by atoms with van der Waals surface area (Å²) < 4.78 is 6.86. The molecule has 1 unspecified atom stereocenters. The van der Waals surface area contributed by atoms with Crippen LogP contribution in [0.2, 0.25) is 5.02 Å². The van der Waals surface area contributed by atoms with Crippen molar-refractivity contribution in [3.63, 3.8) is 0 Å². The van der Waals surface area contributed by atoms with Crippen LogP contribution in [0.4, 0.5) is 0 Å². The van der Waals surface area contributed by atoms with Crippen molar-refractivity contribution in [1.82, 2.24) is 10.2 Å². The summed E-state index contributed by atoms with van der Waals surface area (Å²) in [6.45, 7) is 5.90. The van der Waals surface area contributed by atoms with Gasteiger partial charge in [0.2, 0.25) is 5.91 Å². The molecule has 2 aromatic carbocycles. The van der Waals surface area contributed by atoms with E-state index >= 15 is 0 Å². The number of nitrogens with one attached hydrogen (secondary N) is 1.